The number of Topliss-reactive ketones (excluding diaryl/α,β-unsaturated/α-hetero) is 1. The lowest BCUT2D eigenvalue weighted by Gasteiger charge is -2.14. The summed E-state index contributed by atoms with van der Waals surface area (Å²) in [7, 11) is 0. The molecule has 0 unspecified atom stereocenters. The van der Waals surface area contributed by atoms with Crippen LogP contribution in [0.25, 0.3) is 11.1 Å². The van der Waals surface area contributed by atoms with Gasteiger partial charge in [-0.15, -0.1) is 6.42 Å². The minimum absolute atomic E-state index is 0.0419. The molecule has 0 saturated carbocycles. The van der Waals surface area contributed by atoms with Crippen LogP contribution in [0.4, 0.5) is 14.5 Å². The average Bonchev–Trinajstić information content (AvgIpc) is 2.36. The van der Waals surface area contributed by atoms with E-state index in [1.54, 1.807) is 0 Å². The minimum atomic E-state index is -0.781. The molecule has 21 heavy (non-hydrogen) atoms. The molecule has 0 bridgehead atoms. The van der Waals surface area contributed by atoms with Gasteiger partial charge in [0, 0.05) is 17.2 Å². The Hall–Kier alpha value is -2.38. The lowest BCUT2D eigenvalue weighted by atomic mass is 9.93. The second-order valence-electron chi connectivity index (χ2n) is 4.43. The Balaban J connectivity index is 2.89. The van der Waals surface area contributed by atoms with Crippen molar-refractivity contribution in [1.82, 2.24) is 0 Å². The van der Waals surface area contributed by atoms with E-state index >= 15 is 0 Å². The first kappa shape index (κ1) is 15.0. The maximum Gasteiger partial charge on any atom is 0.160 e. The molecule has 0 atom stereocenters. The fourth-order valence-electron chi connectivity index (χ4n) is 2.10. The van der Waals surface area contributed by atoms with Crippen LogP contribution in [-0.4, -0.2) is 5.78 Å². The number of anilines is 1. The molecule has 0 spiro atoms. The van der Waals surface area contributed by atoms with Crippen molar-refractivity contribution in [1.29, 1.82) is 0 Å². The molecule has 2 N–H and O–H groups in total. The molecule has 2 rings (SSSR count). The molecule has 0 aliphatic heterocycles. The Labute approximate surface area is 125 Å². The second-order valence-corrected chi connectivity index (χ2v) is 4.84. The Kier molecular flexibility index (Phi) is 3.97. The first-order chi connectivity index (χ1) is 9.85. The van der Waals surface area contributed by atoms with Crippen molar-refractivity contribution in [3.63, 3.8) is 0 Å². The summed E-state index contributed by atoms with van der Waals surface area (Å²) in [6.07, 6.45) is 5.34. The highest BCUT2D eigenvalue weighted by molar-refractivity contribution is 6.33. The van der Waals surface area contributed by atoms with Gasteiger partial charge in [-0.3, -0.25) is 4.79 Å². The topological polar surface area (TPSA) is 43.1 Å². The molecular weight excluding hydrogens is 296 g/mol. The number of ketones is 1. The third-order valence-corrected chi connectivity index (χ3v) is 3.29. The summed E-state index contributed by atoms with van der Waals surface area (Å²) in [5, 5.41) is 0.140. The summed E-state index contributed by atoms with van der Waals surface area (Å²) in [6, 6.07) is 4.24. The van der Waals surface area contributed by atoms with E-state index in [2.05, 4.69) is 5.92 Å². The van der Waals surface area contributed by atoms with Crippen LogP contribution in [0.15, 0.2) is 24.3 Å². The van der Waals surface area contributed by atoms with E-state index in [0.717, 1.165) is 18.2 Å². The lowest BCUT2D eigenvalue weighted by Crippen LogP contribution is -2.04. The van der Waals surface area contributed by atoms with E-state index < -0.39 is 11.6 Å². The molecule has 106 valence electrons. The van der Waals surface area contributed by atoms with Gasteiger partial charge >= 0.3 is 0 Å². The zero-order chi connectivity index (χ0) is 15.7. The van der Waals surface area contributed by atoms with E-state index in [1.165, 1.54) is 13.0 Å². The second kappa shape index (κ2) is 5.55. The number of nitrogens with two attached hydrogens (primary N) is 1. The number of hydrogen-bond donors (Lipinski definition) is 1. The Morgan fingerprint density at radius 1 is 1.24 bits per heavy atom. The monoisotopic (exact) mass is 305 g/mol. The van der Waals surface area contributed by atoms with Gasteiger partial charge in [0.25, 0.3) is 0 Å². The van der Waals surface area contributed by atoms with Gasteiger partial charge in [-0.1, -0.05) is 17.5 Å². The van der Waals surface area contributed by atoms with Crippen LogP contribution in [0.2, 0.25) is 5.02 Å². The summed E-state index contributed by atoms with van der Waals surface area (Å²) in [6.45, 7) is 1.31. The molecule has 2 nitrogen and oxygen atoms in total. The van der Waals surface area contributed by atoms with E-state index in [-0.39, 0.29) is 38.7 Å². The van der Waals surface area contributed by atoms with Gasteiger partial charge in [0.2, 0.25) is 0 Å². The van der Waals surface area contributed by atoms with Gasteiger partial charge in [0.15, 0.2) is 5.78 Å². The zero-order valence-corrected chi connectivity index (χ0v) is 11.8. The third kappa shape index (κ3) is 2.74. The number of rotatable bonds is 2. The molecule has 0 heterocycles. The third-order valence-electron chi connectivity index (χ3n) is 2.99. The van der Waals surface area contributed by atoms with E-state index in [1.807, 2.05) is 0 Å². The number of nitrogen functional groups attached to an aromatic ring is 1. The summed E-state index contributed by atoms with van der Waals surface area (Å²) in [4.78, 5) is 11.8. The smallest absolute Gasteiger partial charge is 0.160 e. The van der Waals surface area contributed by atoms with Crippen LogP contribution in [0.5, 0.6) is 0 Å². The molecule has 0 saturated heterocycles. The molecule has 5 heteroatoms. The zero-order valence-electron chi connectivity index (χ0n) is 11.0. The summed E-state index contributed by atoms with van der Waals surface area (Å²) in [5.74, 6) is 0.410. The molecule has 2 aromatic carbocycles. The van der Waals surface area contributed by atoms with Crippen molar-refractivity contribution in [3.05, 3.63) is 52.0 Å². The van der Waals surface area contributed by atoms with Gasteiger partial charge in [0.05, 0.1) is 16.3 Å². The first-order valence-electron chi connectivity index (χ1n) is 5.91. The van der Waals surface area contributed by atoms with Crippen LogP contribution in [0, 0.1) is 24.0 Å². The predicted octanol–water partition coefficient (Wildman–Crippen LogP) is 4.05. The van der Waals surface area contributed by atoms with Crippen LogP contribution in [-0.2, 0) is 0 Å². The summed E-state index contributed by atoms with van der Waals surface area (Å²) >= 11 is 5.98. The fourth-order valence-corrected chi connectivity index (χ4v) is 2.37. The minimum Gasteiger partial charge on any atom is -0.397 e. The standard InChI is InChI=1S/C16H10ClF2NO/c1-3-12-14(17)7-13(8(2)21)15(16(12)20)9-4-10(18)6-11(19)5-9/h1,4-7H,20H2,2H3. The lowest BCUT2D eigenvalue weighted by molar-refractivity contribution is 0.101. The molecule has 0 aliphatic rings. The predicted molar refractivity (Wildman–Crippen MR) is 79.2 cm³/mol. The summed E-state index contributed by atoms with van der Waals surface area (Å²) in [5.41, 5.74) is 6.63. The molecule has 0 aromatic heterocycles. The Morgan fingerprint density at radius 3 is 2.29 bits per heavy atom. The van der Waals surface area contributed by atoms with Gasteiger partial charge in [-0.05, 0) is 30.7 Å². The van der Waals surface area contributed by atoms with Crippen LogP contribution >= 0.6 is 11.6 Å². The molecule has 0 aliphatic carbocycles. The number of benzene rings is 2. The quantitative estimate of drug-likeness (QED) is 0.517. The molecule has 2 aromatic rings. The molecular formula is C16H10ClF2NO. The molecule has 0 radical (unpaired) electrons. The number of carbonyl (C=O) groups is 1. The van der Waals surface area contributed by atoms with Crippen molar-refractivity contribution in [3.8, 4) is 23.5 Å². The maximum atomic E-state index is 13.4. The SMILES string of the molecule is C#Cc1c(Cl)cc(C(C)=O)c(-c2cc(F)cc(F)c2)c1N. The fraction of sp³-hybridized carbons (Fsp3) is 0.0625. The van der Waals surface area contributed by atoms with E-state index in [0.29, 0.717) is 0 Å². The van der Waals surface area contributed by atoms with Crippen molar-refractivity contribution in [2.24, 2.45) is 0 Å². The number of terminal acetylenes is 1. The average molecular weight is 306 g/mol. The van der Waals surface area contributed by atoms with Gasteiger partial charge in [-0.2, -0.15) is 0 Å². The largest absolute Gasteiger partial charge is 0.397 e. The Bertz CT molecular complexity index is 774. The highest BCUT2D eigenvalue weighted by Gasteiger charge is 2.19. The van der Waals surface area contributed by atoms with Crippen LogP contribution < -0.4 is 5.73 Å². The van der Waals surface area contributed by atoms with Crippen molar-refractivity contribution in [2.45, 2.75) is 6.92 Å². The van der Waals surface area contributed by atoms with Crippen molar-refractivity contribution in [2.75, 3.05) is 5.73 Å². The van der Waals surface area contributed by atoms with Crippen LogP contribution in [0.3, 0.4) is 0 Å². The van der Waals surface area contributed by atoms with Crippen molar-refractivity contribution < 1.29 is 13.6 Å². The van der Waals surface area contributed by atoms with E-state index in [9.17, 15) is 13.6 Å². The summed E-state index contributed by atoms with van der Waals surface area (Å²) < 4.78 is 26.8. The number of carbonyl (C=O) groups excluding carboxylic acids is 1. The highest BCUT2D eigenvalue weighted by atomic mass is 35.5. The highest BCUT2D eigenvalue weighted by Crippen LogP contribution is 2.37. The van der Waals surface area contributed by atoms with Crippen molar-refractivity contribution >= 4 is 23.1 Å². The first-order valence-corrected chi connectivity index (χ1v) is 6.29. The van der Waals surface area contributed by atoms with E-state index in [4.69, 9.17) is 23.8 Å². The number of halogens is 3. The van der Waals surface area contributed by atoms with Gasteiger partial charge in [0.1, 0.15) is 11.6 Å². The molecule has 0 amide bonds. The van der Waals surface area contributed by atoms with Gasteiger partial charge < -0.3 is 5.73 Å². The maximum absolute atomic E-state index is 13.4. The number of hydrogen-bond acceptors (Lipinski definition) is 2. The molecule has 0 fully saturated rings. The van der Waals surface area contributed by atoms with Gasteiger partial charge in [-0.25, -0.2) is 8.78 Å². The van der Waals surface area contributed by atoms with Crippen LogP contribution in [0.1, 0.15) is 22.8 Å². The Morgan fingerprint density at radius 2 is 1.81 bits per heavy atom. The normalized spacial score (nSPS) is 10.2.